The van der Waals surface area contributed by atoms with Crippen LogP contribution < -0.4 is 15.4 Å². The highest BCUT2D eigenvalue weighted by molar-refractivity contribution is 5.73. The van der Waals surface area contributed by atoms with Gasteiger partial charge in [0.15, 0.2) is 0 Å². The molecule has 5 nitrogen and oxygen atoms in total. The van der Waals surface area contributed by atoms with Gasteiger partial charge in [-0.3, -0.25) is 0 Å². The van der Waals surface area contributed by atoms with E-state index in [4.69, 9.17) is 9.84 Å². The van der Waals surface area contributed by atoms with E-state index in [1.807, 2.05) is 24.3 Å². The SMILES string of the molecule is COc1ccc(CCNC(=O)NCCCO)cc1. The van der Waals surface area contributed by atoms with Crippen LogP contribution in [-0.4, -0.2) is 37.9 Å². The highest BCUT2D eigenvalue weighted by atomic mass is 16.5. The van der Waals surface area contributed by atoms with Gasteiger partial charge in [0.25, 0.3) is 0 Å². The standard InChI is InChI=1S/C13H20N2O3/c1-18-12-5-3-11(4-6-12)7-9-15-13(17)14-8-2-10-16/h3-6,16H,2,7-10H2,1H3,(H2,14,15,17). The summed E-state index contributed by atoms with van der Waals surface area (Å²) in [5.74, 6) is 0.827. The molecule has 0 aliphatic rings. The molecular formula is C13H20N2O3. The molecule has 0 radical (unpaired) electrons. The van der Waals surface area contributed by atoms with Gasteiger partial charge in [0.1, 0.15) is 5.75 Å². The molecule has 18 heavy (non-hydrogen) atoms. The minimum Gasteiger partial charge on any atom is -0.497 e. The fourth-order valence-electron chi connectivity index (χ4n) is 1.46. The molecule has 1 aromatic rings. The Morgan fingerprint density at radius 2 is 1.89 bits per heavy atom. The third-order valence-corrected chi connectivity index (χ3v) is 2.48. The van der Waals surface area contributed by atoms with E-state index in [1.54, 1.807) is 7.11 Å². The van der Waals surface area contributed by atoms with Gasteiger partial charge in [-0.15, -0.1) is 0 Å². The predicted molar refractivity (Wildman–Crippen MR) is 69.8 cm³/mol. The zero-order chi connectivity index (χ0) is 13.2. The lowest BCUT2D eigenvalue weighted by molar-refractivity contribution is 0.238. The van der Waals surface area contributed by atoms with Crippen LogP contribution in [0.25, 0.3) is 0 Å². The minimum atomic E-state index is -0.197. The second kappa shape index (κ2) is 8.36. The van der Waals surface area contributed by atoms with Gasteiger partial charge in [-0.05, 0) is 30.5 Å². The number of hydrogen-bond donors (Lipinski definition) is 3. The molecule has 0 aliphatic carbocycles. The zero-order valence-electron chi connectivity index (χ0n) is 10.6. The molecule has 0 aromatic heterocycles. The molecule has 0 heterocycles. The topological polar surface area (TPSA) is 70.6 Å². The average Bonchev–Trinajstić information content (AvgIpc) is 2.40. The van der Waals surface area contributed by atoms with Crippen molar-refractivity contribution in [3.8, 4) is 5.75 Å². The van der Waals surface area contributed by atoms with E-state index in [0.717, 1.165) is 17.7 Å². The molecule has 0 saturated heterocycles. The van der Waals surface area contributed by atoms with E-state index in [1.165, 1.54) is 0 Å². The van der Waals surface area contributed by atoms with Crippen molar-refractivity contribution in [3.63, 3.8) is 0 Å². The highest BCUT2D eigenvalue weighted by Crippen LogP contribution is 2.11. The van der Waals surface area contributed by atoms with Gasteiger partial charge in [-0.1, -0.05) is 12.1 Å². The van der Waals surface area contributed by atoms with Crippen LogP contribution >= 0.6 is 0 Å². The van der Waals surface area contributed by atoms with E-state index in [0.29, 0.717) is 19.5 Å². The van der Waals surface area contributed by atoms with Crippen LogP contribution in [0.5, 0.6) is 5.75 Å². The number of aliphatic hydroxyl groups is 1. The molecular weight excluding hydrogens is 232 g/mol. The summed E-state index contributed by atoms with van der Waals surface area (Å²) in [5.41, 5.74) is 1.14. The molecule has 5 heteroatoms. The molecule has 100 valence electrons. The van der Waals surface area contributed by atoms with Crippen LogP contribution in [0.15, 0.2) is 24.3 Å². The molecule has 0 bridgehead atoms. The van der Waals surface area contributed by atoms with Crippen LogP contribution in [0.3, 0.4) is 0 Å². The number of carbonyl (C=O) groups excluding carboxylic acids is 1. The van der Waals surface area contributed by atoms with Gasteiger partial charge in [0.05, 0.1) is 7.11 Å². The fraction of sp³-hybridized carbons (Fsp3) is 0.462. The lowest BCUT2D eigenvalue weighted by Gasteiger charge is -2.07. The maximum Gasteiger partial charge on any atom is 0.314 e. The van der Waals surface area contributed by atoms with Crippen molar-refractivity contribution in [2.24, 2.45) is 0 Å². The van der Waals surface area contributed by atoms with Crippen LogP contribution in [0.2, 0.25) is 0 Å². The fourth-order valence-corrected chi connectivity index (χ4v) is 1.46. The Morgan fingerprint density at radius 3 is 2.50 bits per heavy atom. The Hall–Kier alpha value is -1.75. The average molecular weight is 252 g/mol. The molecule has 1 rings (SSSR count). The third-order valence-electron chi connectivity index (χ3n) is 2.48. The number of rotatable bonds is 7. The molecule has 0 unspecified atom stereocenters. The summed E-state index contributed by atoms with van der Waals surface area (Å²) in [4.78, 5) is 11.3. The Labute approximate surface area is 107 Å². The second-order valence-electron chi connectivity index (χ2n) is 3.86. The van der Waals surface area contributed by atoms with E-state index >= 15 is 0 Å². The smallest absolute Gasteiger partial charge is 0.314 e. The minimum absolute atomic E-state index is 0.0894. The molecule has 0 aliphatic heterocycles. The molecule has 2 amide bonds. The summed E-state index contributed by atoms with van der Waals surface area (Å²) in [7, 11) is 1.63. The lowest BCUT2D eigenvalue weighted by Crippen LogP contribution is -2.37. The third kappa shape index (κ3) is 5.54. The van der Waals surface area contributed by atoms with Crippen molar-refractivity contribution in [2.45, 2.75) is 12.8 Å². The number of benzene rings is 1. The molecule has 0 saturated carbocycles. The number of hydrogen-bond acceptors (Lipinski definition) is 3. The van der Waals surface area contributed by atoms with Crippen molar-refractivity contribution >= 4 is 6.03 Å². The van der Waals surface area contributed by atoms with Gasteiger partial charge >= 0.3 is 6.03 Å². The van der Waals surface area contributed by atoms with Crippen molar-refractivity contribution in [2.75, 3.05) is 26.8 Å². The summed E-state index contributed by atoms with van der Waals surface area (Å²) in [6.45, 7) is 1.16. The number of amides is 2. The normalized spacial score (nSPS) is 9.89. The Balaban J connectivity index is 2.18. The summed E-state index contributed by atoms with van der Waals surface area (Å²) < 4.78 is 5.07. The maximum atomic E-state index is 11.3. The van der Waals surface area contributed by atoms with Gasteiger partial charge in [-0.25, -0.2) is 4.79 Å². The van der Waals surface area contributed by atoms with E-state index < -0.39 is 0 Å². The number of nitrogens with one attached hydrogen (secondary N) is 2. The van der Waals surface area contributed by atoms with Crippen molar-refractivity contribution < 1.29 is 14.6 Å². The van der Waals surface area contributed by atoms with Crippen LogP contribution in [0.1, 0.15) is 12.0 Å². The molecule has 0 atom stereocenters. The van der Waals surface area contributed by atoms with E-state index in [9.17, 15) is 4.79 Å². The monoisotopic (exact) mass is 252 g/mol. The molecule has 0 fully saturated rings. The van der Waals surface area contributed by atoms with E-state index in [2.05, 4.69) is 10.6 Å². The largest absolute Gasteiger partial charge is 0.497 e. The number of aliphatic hydroxyl groups excluding tert-OH is 1. The first-order valence-electron chi connectivity index (χ1n) is 6.01. The summed E-state index contributed by atoms with van der Waals surface area (Å²) >= 11 is 0. The second-order valence-corrected chi connectivity index (χ2v) is 3.86. The first kappa shape index (κ1) is 14.3. The zero-order valence-corrected chi connectivity index (χ0v) is 10.6. The summed E-state index contributed by atoms with van der Waals surface area (Å²) in [5, 5.41) is 14.0. The Kier molecular flexibility index (Phi) is 6.64. The number of carbonyl (C=O) groups is 1. The summed E-state index contributed by atoms with van der Waals surface area (Å²) in [6, 6.07) is 7.55. The maximum absolute atomic E-state index is 11.3. The lowest BCUT2D eigenvalue weighted by atomic mass is 10.1. The highest BCUT2D eigenvalue weighted by Gasteiger charge is 1.99. The van der Waals surface area contributed by atoms with Gasteiger partial charge < -0.3 is 20.5 Å². The first-order valence-corrected chi connectivity index (χ1v) is 6.01. The first-order chi connectivity index (χ1) is 8.76. The van der Waals surface area contributed by atoms with Crippen molar-refractivity contribution in [3.05, 3.63) is 29.8 Å². The van der Waals surface area contributed by atoms with Gasteiger partial charge in [-0.2, -0.15) is 0 Å². The van der Waals surface area contributed by atoms with Crippen molar-refractivity contribution in [1.82, 2.24) is 10.6 Å². The molecule has 0 spiro atoms. The quantitative estimate of drug-likeness (QED) is 0.632. The van der Waals surface area contributed by atoms with Crippen LogP contribution in [0, 0.1) is 0 Å². The van der Waals surface area contributed by atoms with Gasteiger partial charge in [0, 0.05) is 19.7 Å². The van der Waals surface area contributed by atoms with Crippen LogP contribution in [-0.2, 0) is 6.42 Å². The molecule has 3 N–H and O–H groups in total. The van der Waals surface area contributed by atoms with Crippen LogP contribution in [0.4, 0.5) is 4.79 Å². The molecule has 1 aromatic carbocycles. The number of urea groups is 1. The number of ether oxygens (including phenoxy) is 1. The predicted octanol–water partition coefficient (Wildman–Crippen LogP) is 0.919. The van der Waals surface area contributed by atoms with E-state index in [-0.39, 0.29) is 12.6 Å². The number of methoxy groups -OCH3 is 1. The Morgan fingerprint density at radius 1 is 1.22 bits per heavy atom. The van der Waals surface area contributed by atoms with Gasteiger partial charge in [0.2, 0.25) is 0 Å². The van der Waals surface area contributed by atoms with Crippen molar-refractivity contribution in [1.29, 1.82) is 0 Å². The summed E-state index contributed by atoms with van der Waals surface area (Å²) in [6.07, 6.45) is 1.35. The Bertz CT molecular complexity index is 352.